The van der Waals surface area contributed by atoms with Gasteiger partial charge in [-0.05, 0) is 31.5 Å². The van der Waals surface area contributed by atoms with Gasteiger partial charge in [0.05, 0.1) is 27.7 Å². The summed E-state index contributed by atoms with van der Waals surface area (Å²) in [6, 6.07) is 3.94. The Morgan fingerprint density at radius 2 is 1.90 bits per heavy atom. The van der Waals surface area contributed by atoms with Gasteiger partial charge in [-0.1, -0.05) is 17.7 Å². The first-order valence-corrected chi connectivity index (χ1v) is 6.65. The molecule has 0 atom stereocenters. The molecule has 1 aromatic heterocycles. The number of alkyl halides is 4. The zero-order valence-electron chi connectivity index (χ0n) is 10.7. The van der Waals surface area contributed by atoms with Gasteiger partial charge < -0.3 is 0 Å². The van der Waals surface area contributed by atoms with Gasteiger partial charge in [-0.3, -0.25) is 0 Å². The highest BCUT2D eigenvalue weighted by atomic mass is 35.5. The van der Waals surface area contributed by atoms with E-state index in [1.54, 1.807) is 19.9 Å². The van der Waals surface area contributed by atoms with E-state index in [0.717, 1.165) is 6.07 Å². The summed E-state index contributed by atoms with van der Waals surface area (Å²) in [5, 5.41) is 4.42. The standard InChI is InChI=1S/C13H11Cl2F3N2/c1-7-12(15)8(2)20(19-7)11-4-3-9(6-14)5-10(11)13(16,17)18/h3-5H,6H2,1-2H3. The first-order valence-electron chi connectivity index (χ1n) is 5.74. The second-order valence-electron chi connectivity index (χ2n) is 4.38. The number of benzene rings is 1. The Labute approximate surface area is 124 Å². The number of aryl methyl sites for hydroxylation is 1. The van der Waals surface area contributed by atoms with Crippen LogP contribution in [0, 0.1) is 13.8 Å². The lowest BCUT2D eigenvalue weighted by Gasteiger charge is -2.15. The molecular formula is C13H11Cl2F3N2. The fourth-order valence-electron chi connectivity index (χ4n) is 1.94. The van der Waals surface area contributed by atoms with E-state index in [1.807, 2.05) is 0 Å². The minimum atomic E-state index is -4.49. The van der Waals surface area contributed by atoms with E-state index < -0.39 is 11.7 Å². The maximum atomic E-state index is 13.2. The lowest BCUT2D eigenvalue weighted by atomic mass is 10.1. The second-order valence-corrected chi connectivity index (χ2v) is 5.02. The van der Waals surface area contributed by atoms with Crippen molar-refractivity contribution in [3.05, 3.63) is 45.7 Å². The van der Waals surface area contributed by atoms with Gasteiger partial charge >= 0.3 is 6.18 Å². The van der Waals surface area contributed by atoms with Crippen LogP contribution in [-0.2, 0) is 12.1 Å². The molecule has 0 spiro atoms. The van der Waals surface area contributed by atoms with Gasteiger partial charge in [0.25, 0.3) is 0 Å². The van der Waals surface area contributed by atoms with Crippen molar-refractivity contribution in [1.29, 1.82) is 0 Å². The SMILES string of the molecule is Cc1nn(-c2ccc(CCl)cc2C(F)(F)F)c(C)c1Cl. The molecule has 108 valence electrons. The summed E-state index contributed by atoms with van der Waals surface area (Å²) in [4.78, 5) is 0. The Hall–Kier alpha value is -1.20. The largest absolute Gasteiger partial charge is 0.418 e. The monoisotopic (exact) mass is 322 g/mol. The third-order valence-corrected chi connectivity index (χ3v) is 3.81. The number of rotatable bonds is 2. The maximum Gasteiger partial charge on any atom is 0.418 e. The summed E-state index contributed by atoms with van der Waals surface area (Å²) in [6.45, 7) is 3.27. The molecule has 0 amide bonds. The van der Waals surface area contributed by atoms with Crippen LogP contribution in [0.15, 0.2) is 18.2 Å². The van der Waals surface area contributed by atoms with Crippen LogP contribution in [0.2, 0.25) is 5.02 Å². The fourth-order valence-corrected chi connectivity index (χ4v) is 2.22. The molecule has 1 heterocycles. The highest BCUT2D eigenvalue weighted by Gasteiger charge is 2.35. The van der Waals surface area contributed by atoms with Crippen LogP contribution in [0.1, 0.15) is 22.5 Å². The number of halogens is 5. The number of aromatic nitrogens is 2. The number of nitrogens with zero attached hydrogens (tertiary/aromatic N) is 2. The highest BCUT2D eigenvalue weighted by molar-refractivity contribution is 6.31. The van der Waals surface area contributed by atoms with Crippen LogP contribution in [0.4, 0.5) is 13.2 Å². The molecule has 0 unspecified atom stereocenters. The molecule has 1 aromatic carbocycles. The zero-order chi connectivity index (χ0) is 15.1. The van der Waals surface area contributed by atoms with E-state index in [1.165, 1.54) is 10.7 Å². The quantitative estimate of drug-likeness (QED) is 0.719. The van der Waals surface area contributed by atoms with Gasteiger partial charge in [0.2, 0.25) is 0 Å². The minimum absolute atomic E-state index is 0.0151. The summed E-state index contributed by atoms with van der Waals surface area (Å²) >= 11 is 11.6. The summed E-state index contributed by atoms with van der Waals surface area (Å²) in [6.07, 6.45) is -4.49. The van der Waals surface area contributed by atoms with Gasteiger partial charge in [-0.2, -0.15) is 18.3 Å². The highest BCUT2D eigenvalue weighted by Crippen LogP contribution is 2.36. The predicted octanol–water partition coefficient (Wildman–Crippen LogP) is 4.90. The molecule has 0 aliphatic rings. The predicted molar refractivity (Wildman–Crippen MR) is 72.6 cm³/mol. The van der Waals surface area contributed by atoms with Crippen LogP contribution in [0.3, 0.4) is 0 Å². The lowest BCUT2D eigenvalue weighted by molar-refractivity contribution is -0.137. The van der Waals surface area contributed by atoms with E-state index >= 15 is 0 Å². The first-order chi connectivity index (χ1) is 9.25. The average Bonchev–Trinajstić information content (AvgIpc) is 2.65. The van der Waals surface area contributed by atoms with Crippen molar-refractivity contribution in [3.8, 4) is 5.69 Å². The molecule has 0 N–H and O–H groups in total. The third-order valence-electron chi connectivity index (χ3n) is 2.95. The minimum Gasteiger partial charge on any atom is -0.236 e. The number of hydrogen-bond acceptors (Lipinski definition) is 1. The van der Waals surface area contributed by atoms with Gasteiger partial charge in [-0.25, -0.2) is 4.68 Å². The van der Waals surface area contributed by atoms with Gasteiger partial charge in [-0.15, -0.1) is 11.6 Å². The van der Waals surface area contributed by atoms with Crippen LogP contribution in [-0.4, -0.2) is 9.78 Å². The van der Waals surface area contributed by atoms with E-state index in [2.05, 4.69) is 5.10 Å². The zero-order valence-corrected chi connectivity index (χ0v) is 12.2. The third kappa shape index (κ3) is 2.65. The van der Waals surface area contributed by atoms with Crippen molar-refractivity contribution in [2.75, 3.05) is 0 Å². The van der Waals surface area contributed by atoms with Crippen molar-refractivity contribution in [1.82, 2.24) is 9.78 Å². The molecule has 0 aliphatic heterocycles. The van der Waals surface area contributed by atoms with Gasteiger partial charge in [0, 0.05) is 5.88 Å². The van der Waals surface area contributed by atoms with E-state index in [9.17, 15) is 13.2 Å². The Morgan fingerprint density at radius 1 is 1.25 bits per heavy atom. The van der Waals surface area contributed by atoms with E-state index in [4.69, 9.17) is 23.2 Å². The molecule has 2 aromatic rings. The van der Waals surface area contributed by atoms with E-state index in [0.29, 0.717) is 22.0 Å². The fraction of sp³-hybridized carbons (Fsp3) is 0.308. The summed E-state index contributed by atoms with van der Waals surface area (Å²) in [5.74, 6) is 0.0151. The van der Waals surface area contributed by atoms with Crippen molar-refractivity contribution in [2.45, 2.75) is 25.9 Å². The summed E-state index contributed by atoms with van der Waals surface area (Å²) < 4.78 is 40.7. The van der Waals surface area contributed by atoms with Gasteiger partial charge in [0.1, 0.15) is 0 Å². The Balaban J connectivity index is 2.70. The molecule has 2 rings (SSSR count). The molecule has 7 heteroatoms. The van der Waals surface area contributed by atoms with E-state index in [-0.39, 0.29) is 11.6 Å². The molecule has 0 fully saturated rings. The molecular weight excluding hydrogens is 312 g/mol. The molecule has 0 bridgehead atoms. The van der Waals surface area contributed by atoms with Crippen molar-refractivity contribution >= 4 is 23.2 Å². The second kappa shape index (κ2) is 5.30. The topological polar surface area (TPSA) is 17.8 Å². The maximum absolute atomic E-state index is 13.2. The normalized spacial score (nSPS) is 11.9. The Kier molecular flexibility index (Phi) is 4.02. The molecule has 0 radical (unpaired) electrons. The van der Waals surface area contributed by atoms with Gasteiger partial charge in [0.15, 0.2) is 0 Å². The molecule has 2 nitrogen and oxygen atoms in total. The van der Waals surface area contributed by atoms with Crippen LogP contribution in [0.25, 0.3) is 5.69 Å². The Bertz CT molecular complexity index is 648. The molecule has 0 saturated heterocycles. The first kappa shape index (κ1) is 15.2. The molecule has 0 saturated carbocycles. The van der Waals surface area contributed by atoms with Crippen molar-refractivity contribution in [2.24, 2.45) is 0 Å². The average molecular weight is 323 g/mol. The molecule has 0 aliphatic carbocycles. The van der Waals surface area contributed by atoms with Crippen LogP contribution < -0.4 is 0 Å². The van der Waals surface area contributed by atoms with Crippen LogP contribution >= 0.6 is 23.2 Å². The lowest BCUT2D eigenvalue weighted by Crippen LogP contribution is -2.13. The Morgan fingerprint density at radius 3 is 2.35 bits per heavy atom. The number of hydrogen-bond donors (Lipinski definition) is 0. The van der Waals surface area contributed by atoms with Crippen LogP contribution in [0.5, 0.6) is 0 Å². The molecule has 20 heavy (non-hydrogen) atoms. The van der Waals surface area contributed by atoms with Crippen molar-refractivity contribution in [3.63, 3.8) is 0 Å². The summed E-state index contributed by atoms with van der Waals surface area (Å²) in [5.41, 5.74) is 0.513. The summed E-state index contributed by atoms with van der Waals surface area (Å²) in [7, 11) is 0. The van der Waals surface area contributed by atoms with Crippen molar-refractivity contribution < 1.29 is 13.2 Å². The smallest absolute Gasteiger partial charge is 0.236 e.